The Hall–Kier alpha value is -1.29. The molecule has 0 atom stereocenters. The lowest BCUT2D eigenvalue weighted by atomic mass is 10.2. The molecule has 19 heavy (non-hydrogen) atoms. The first kappa shape index (κ1) is 14.1. The van der Waals surface area contributed by atoms with Gasteiger partial charge in [-0.1, -0.05) is 35.0 Å². The Bertz CT molecular complexity index is 547. The smallest absolute Gasteiger partial charge is 0.101 e. The fourth-order valence-corrected chi connectivity index (χ4v) is 2.35. The van der Waals surface area contributed by atoms with E-state index in [1.165, 1.54) is 6.07 Å². The summed E-state index contributed by atoms with van der Waals surface area (Å²) in [6, 6.07) is 9.00. The second-order valence-corrected chi connectivity index (χ2v) is 5.07. The molecule has 3 nitrogen and oxygen atoms in total. The number of quaternary nitrogens is 1. The van der Waals surface area contributed by atoms with Crippen LogP contribution in [0.5, 0.6) is 5.75 Å². The van der Waals surface area contributed by atoms with Gasteiger partial charge in [-0.2, -0.15) is 0 Å². The number of pyridine rings is 1. The highest BCUT2D eigenvalue weighted by molar-refractivity contribution is 6.35. The minimum Gasteiger partial charge on any atom is -0.871 e. The standard InChI is InChI=1S/C14H14Cl2N2O/c15-11-7-10(14(19)13(16)8-11)9-17-6-4-12-3-1-2-5-18-12/h1-3,5,7-8,17,19H,4,6,9H2. The molecular formula is C14H14Cl2N2O. The van der Waals surface area contributed by atoms with Crippen molar-refractivity contribution in [2.75, 3.05) is 6.54 Å². The largest absolute Gasteiger partial charge is 0.871 e. The molecule has 0 aliphatic rings. The van der Waals surface area contributed by atoms with Gasteiger partial charge in [0, 0.05) is 33.9 Å². The number of rotatable bonds is 5. The number of aromatic nitrogens is 1. The van der Waals surface area contributed by atoms with Gasteiger partial charge >= 0.3 is 0 Å². The second-order valence-electron chi connectivity index (χ2n) is 4.23. The lowest BCUT2D eigenvalue weighted by Gasteiger charge is -2.14. The van der Waals surface area contributed by atoms with Crippen LogP contribution in [0.25, 0.3) is 0 Å². The van der Waals surface area contributed by atoms with Crippen molar-refractivity contribution >= 4 is 23.2 Å². The normalized spacial score (nSPS) is 10.6. The zero-order valence-corrected chi connectivity index (χ0v) is 11.8. The van der Waals surface area contributed by atoms with E-state index in [2.05, 4.69) is 10.3 Å². The summed E-state index contributed by atoms with van der Waals surface area (Å²) in [5.74, 6) is -0.139. The van der Waals surface area contributed by atoms with E-state index < -0.39 is 0 Å². The van der Waals surface area contributed by atoms with E-state index in [0.717, 1.165) is 18.7 Å². The zero-order chi connectivity index (χ0) is 13.7. The van der Waals surface area contributed by atoms with Gasteiger partial charge in [-0.3, -0.25) is 4.98 Å². The molecule has 0 saturated heterocycles. The topological polar surface area (TPSA) is 52.6 Å². The SMILES string of the molecule is [O-]c1c(Cl)cc(Cl)cc1C[NH2+]CCc1ccccn1. The molecule has 2 rings (SSSR count). The van der Waals surface area contributed by atoms with Crippen molar-refractivity contribution in [3.05, 3.63) is 57.8 Å². The number of halogens is 2. The zero-order valence-electron chi connectivity index (χ0n) is 10.3. The molecule has 1 aromatic carbocycles. The van der Waals surface area contributed by atoms with Gasteiger partial charge in [0.1, 0.15) is 6.54 Å². The van der Waals surface area contributed by atoms with E-state index >= 15 is 0 Å². The first-order chi connectivity index (χ1) is 9.16. The summed E-state index contributed by atoms with van der Waals surface area (Å²) in [4.78, 5) is 4.25. The molecule has 1 heterocycles. The van der Waals surface area contributed by atoms with Gasteiger partial charge in [0.15, 0.2) is 0 Å². The summed E-state index contributed by atoms with van der Waals surface area (Å²) >= 11 is 11.7. The maximum absolute atomic E-state index is 11.8. The van der Waals surface area contributed by atoms with Gasteiger partial charge in [0.25, 0.3) is 0 Å². The van der Waals surface area contributed by atoms with Crippen LogP contribution in [0.2, 0.25) is 10.0 Å². The monoisotopic (exact) mass is 296 g/mol. The molecule has 0 amide bonds. The molecule has 0 aliphatic heterocycles. The van der Waals surface area contributed by atoms with E-state index in [1.54, 1.807) is 12.3 Å². The third kappa shape index (κ3) is 4.10. The van der Waals surface area contributed by atoms with Gasteiger partial charge in [0.05, 0.1) is 6.54 Å². The Balaban J connectivity index is 1.86. The third-order valence-electron chi connectivity index (χ3n) is 2.78. The number of nitrogens with two attached hydrogens (primary N) is 1. The molecule has 5 heteroatoms. The maximum atomic E-state index is 11.8. The molecule has 0 bridgehead atoms. The molecule has 0 fully saturated rings. The van der Waals surface area contributed by atoms with Crippen molar-refractivity contribution in [3.8, 4) is 5.75 Å². The Labute approximate surface area is 122 Å². The van der Waals surface area contributed by atoms with Crippen molar-refractivity contribution < 1.29 is 10.4 Å². The van der Waals surface area contributed by atoms with Gasteiger partial charge in [-0.05, 0) is 24.3 Å². The van der Waals surface area contributed by atoms with E-state index in [-0.39, 0.29) is 10.8 Å². The van der Waals surface area contributed by atoms with Crippen LogP contribution in [0.4, 0.5) is 0 Å². The van der Waals surface area contributed by atoms with E-state index in [0.29, 0.717) is 17.1 Å². The average molecular weight is 297 g/mol. The highest BCUT2D eigenvalue weighted by Crippen LogP contribution is 2.28. The number of hydrogen-bond acceptors (Lipinski definition) is 2. The molecule has 0 radical (unpaired) electrons. The molecule has 0 spiro atoms. The summed E-state index contributed by atoms with van der Waals surface area (Å²) in [6.07, 6.45) is 2.64. The van der Waals surface area contributed by atoms with Gasteiger partial charge in [0.2, 0.25) is 0 Å². The Morgan fingerprint density at radius 3 is 2.79 bits per heavy atom. The quantitative estimate of drug-likeness (QED) is 0.855. The van der Waals surface area contributed by atoms with Gasteiger partial charge < -0.3 is 10.4 Å². The van der Waals surface area contributed by atoms with Crippen molar-refractivity contribution in [3.63, 3.8) is 0 Å². The summed E-state index contributed by atoms with van der Waals surface area (Å²) in [6.45, 7) is 1.44. The van der Waals surface area contributed by atoms with Crippen molar-refractivity contribution in [1.29, 1.82) is 0 Å². The molecule has 0 unspecified atom stereocenters. The Morgan fingerprint density at radius 1 is 1.21 bits per heavy atom. The highest BCUT2D eigenvalue weighted by atomic mass is 35.5. The molecular weight excluding hydrogens is 283 g/mol. The molecule has 0 aliphatic carbocycles. The first-order valence-electron chi connectivity index (χ1n) is 6.03. The Kier molecular flexibility index (Phi) is 5.02. The number of benzene rings is 1. The molecule has 0 saturated carbocycles. The lowest BCUT2D eigenvalue weighted by Crippen LogP contribution is -2.83. The molecule has 2 aromatic rings. The maximum Gasteiger partial charge on any atom is 0.101 e. The van der Waals surface area contributed by atoms with Crippen LogP contribution in [0.1, 0.15) is 11.3 Å². The first-order valence-corrected chi connectivity index (χ1v) is 6.79. The van der Waals surface area contributed by atoms with E-state index in [1.807, 2.05) is 18.2 Å². The van der Waals surface area contributed by atoms with Crippen LogP contribution < -0.4 is 10.4 Å². The fraction of sp³-hybridized carbons (Fsp3) is 0.214. The molecule has 100 valence electrons. The summed E-state index contributed by atoms with van der Waals surface area (Å²) in [5, 5.41) is 14.5. The van der Waals surface area contributed by atoms with Crippen LogP contribution >= 0.6 is 23.2 Å². The van der Waals surface area contributed by atoms with Crippen molar-refractivity contribution in [1.82, 2.24) is 4.98 Å². The lowest BCUT2D eigenvalue weighted by molar-refractivity contribution is -0.670. The average Bonchev–Trinajstić information content (AvgIpc) is 2.41. The third-order valence-corrected chi connectivity index (χ3v) is 3.28. The van der Waals surface area contributed by atoms with Crippen LogP contribution in [-0.4, -0.2) is 11.5 Å². The second kappa shape index (κ2) is 6.75. The fourth-order valence-electron chi connectivity index (χ4n) is 1.82. The van der Waals surface area contributed by atoms with Crippen LogP contribution in [0, 0.1) is 0 Å². The minimum absolute atomic E-state index is 0.139. The molecule has 1 aromatic heterocycles. The van der Waals surface area contributed by atoms with Gasteiger partial charge in [-0.15, -0.1) is 0 Å². The summed E-state index contributed by atoms with van der Waals surface area (Å²) < 4.78 is 0. The Morgan fingerprint density at radius 2 is 2.05 bits per heavy atom. The number of nitrogens with zero attached hydrogens (tertiary/aromatic N) is 1. The molecule has 2 N–H and O–H groups in total. The van der Waals surface area contributed by atoms with E-state index in [9.17, 15) is 5.11 Å². The van der Waals surface area contributed by atoms with Crippen molar-refractivity contribution in [2.45, 2.75) is 13.0 Å². The minimum atomic E-state index is -0.139. The summed E-state index contributed by atoms with van der Waals surface area (Å²) in [5.41, 5.74) is 1.68. The predicted molar refractivity (Wildman–Crippen MR) is 74.3 cm³/mol. The van der Waals surface area contributed by atoms with Gasteiger partial charge in [-0.25, -0.2) is 0 Å². The number of hydrogen-bond donors (Lipinski definition) is 1. The van der Waals surface area contributed by atoms with Crippen molar-refractivity contribution in [2.24, 2.45) is 0 Å². The van der Waals surface area contributed by atoms with E-state index in [4.69, 9.17) is 23.2 Å². The van der Waals surface area contributed by atoms with Crippen LogP contribution in [0.15, 0.2) is 36.5 Å². The van der Waals surface area contributed by atoms with Crippen LogP contribution in [-0.2, 0) is 13.0 Å². The van der Waals surface area contributed by atoms with Crippen LogP contribution in [0.3, 0.4) is 0 Å². The highest BCUT2D eigenvalue weighted by Gasteiger charge is 2.03. The predicted octanol–water partition coefficient (Wildman–Crippen LogP) is 1.77. The summed E-state index contributed by atoms with van der Waals surface area (Å²) in [7, 11) is 0.